The van der Waals surface area contributed by atoms with E-state index in [0.29, 0.717) is 29.0 Å². The number of hydrogen-bond acceptors (Lipinski definition) is 4. The van der Waals surface area contributed by atoms with Crippen LogP contribution in [0.15, 0.2) is 42.5 Å². The molecular weight excluding hydrogens is 384 g/mol. The van der Waals surface area contributed by atoms with Crippen LogP contribution in [-0.2, 0) is 11.2 Å². The highest BCUT2D eigenvalue weighted by molar-refractivity contribution is 6.32. The van der Waals surface area contributed by atoms with Gasteiger partial charge >= 0.3 is 0 Å². The summed E-state index contributed by atoms with van der Waals surface area (Å²) in [4.78, 5) is 12.6. The number of nitriles is 2. The molecule has 1 saturated carbocycles. The molecule has 2 aliphatic rings. The number of rotatable bonds is 5. The summed E-state index contributed by atoms with van der Waals surface area (Å²) in [5.41, 5.74) is 3.32. The van der Waals surface area contributed by atoms with Crippen LogP contribution in [0.4, 0.5) is 0 Å². The standard InChI is InChI=1S/C23H21ClN4O/c24-21-11-16(5-6-18(21)12-25)15-3-1-14(2-4-15)9-20(13-26)28-23(29)22-17-7-8-19(10-17)27-22/h1-6,11,17,19-20,22,27H,7-10H2,(H,28,29)/t17-,19+,20-,22-/m0/s1. The van der Waals surface area contributed by atoms with Crippen LogP contribution in [0, 0.1) is 28.6 Å². The van der Waals surface area contributed by atoms with E-state index in [9.17, 15) is 10.1 Å². The average Bonchev–Trinajstić information content (AvgIpc) is 3.37. The molecule has 146 valence electrons. The van der Waals surface area contributed by atoms with Gasteiger partial charge < -0.3 is 10.6 Å². The fourth-order valence-corrected chi connectivity index (χ4v) is 4.62. The van der Waals surface area contributed by atoms with Gasteiger partial charge in [-0.15, -0.1) is 0 Å². The number of fused-ring (bicyclic) bond motifs is 2. The summed E-state index contributed by atoms with van der Waals surface area (Å²) in [7, 11) is 0. The zero-order valence-electron chi connectivity index (χ0n) is 15.9. The third-order valence-electron chi connectivity index (χ3n) is 5.93. The molecule has 1 heterocycles. The van der Waals surface area contributed by atoms with Crippen molar-refractivity contribution in [2.45, 2.75) is 43.8 Å². The van der Waals surface area contributed by atoms with E-state index in [4.69, 9.17) is 16.9 Å². The smallest absolute Gasteiger partial charge is 0.238 e. The van der Waals surface area contributed by atoms with Crippen LogP contribution in [0.2, 0.25) is 5.02 Å². The highest BCUT2D eigenvalue weighted by atomic mass is 35.5. The molecule has 4 rings (SSSR count). The number of carbonyl (C=O) groups is 1. The molecule has 5 nitrogen and oxygen atoms in total. The zero-order valence-corrected chi connectivity index (χ0v) is 16.6. The number of piperidine rings is 1. The SMILES string of the molecule is N#Cc1ccc(-c2ccc(C[C@@H](C#N)NC(=O)[C@H]3N[C@@H]4CC[C@H]3C4)cc2)cc1Cl. The van der Waals surface area contributed by atoms with E-state index in [1.54, 1.807) is 12.1 Å². The van der Waals surface area contributed by atoms with Crippen molar-refractivity contribution < 1.29 is 4.79 Å². The molecule has 1 aliphatic carbocycles. The van der Waals surface area contributed by atoms with E-state index in [1.165, 1.54) is 0 Å². The molecule has 2 bridgehead atoms. The Labute approximate surface area is 175 Å². The molecule has 4 atom stereocenters. The quantitative estimate of drug-likeness (QED) is 0.797. The predicted molar refractivity (Wildman–Crippen MR) is 111 cm³/mol. The first-order valence-electron chi connectivity index (χ1n) is 9.82. The van der Waals surface area contributed by atoms with Crippen LogP contribution >= 0.6 is 11.6 Å². The molecular formula is C23H21ClN4O. The van der Waals surface area contributed by atoms with Crippen molar-refractivity contribution in [2.24, 2.45) is 5.92 Å². The number of halogens is 1. The summed E-state index contributed by atoms with van der Waals surface area (Å²) >= 11 is 6.12. The van der Waals surface area contributed by atoms with Crippen molar-refractivity contribution in [2.75, 3.05) is 0 Å². The maximum absolute atomic E-state index is 12.6. The Balaban J connectivity index is 1.39. The number of hydrogen-bond donors (Lipinski definition) is 2. The first-order valence-corrected chi connectivity index (χ1v) is 10.2. The fourth-order valence-electron chi connectivity index (χ4n) is 4.40. The first-order chi connectivity index (χ1) is 14.1. The summed E-state index contributed by atoms with van der Waals surface area (Å²) in [6.07, 6.45) is 3.76. The molecule has 1 saturated heterocycles. The van der Waals surface area contributed by atoms with Crippen LogP contribution in [-0.4, -0.2) is 24.0 Å². The highest BCUT2D eigenvalue weighted by Crippen LogP contribution is 2.35. The van der Waals surface area contributed by atoms with Gasteiger partial charge in [-0.2, -0.15) is 10.5 Å². The van der Waals surface area contributed by atoms with Crippen molar-refractivity contribution in [3.63, 3.8) is 0 Å². The molecule has 6 heteroatoms. The van der Waals surface area contributed by atoms with Crippen molar-refractivity contribution in [3.8, 4) is 23.3 Å². The minimum absolute atomic E-state index is 0.0624. The zero-order chi connectivity index (χ0) is 20.4. The highest BCUT2D eigenvalue weighted by Gasteiger charge is 2.43. The second-order valence-electron chi connectivity index (χ2n) is 7.81. The molecule has 1 amide bonds. The Kier molecular flexibility index (Phi) is 5.53. The van der Waals surface area contributed by atoms with E-state index >= 15 is 0 Å². The summed E-state index contributed by atoms with van der Waals surface area (Å²) < 4.78 is 0. The largest absolute Gasteiger partial charge is 0.339 e. The summed E-state index contributed by atoms with van der Waals surface area (Å²) in [6, 6.07) is 17.2. The molecule has 2 aromatic carbocycles. The van der Waals surface area contributed by atoms with Crippen molar-refractivity contribution in [1.82, 2.24) is 10.6 Å². The Bertz CT molecular complexity index is 1010. The molecule has 2 aromatic rings. The van der Waals surface area contributed by atoms with E-state index in [2.05, 4.69) is 22.8 Å². The Morgan fingerprint density at radius 2 is 1.93 bits per heavy atom. The number of amides is 1. The van der Waals surface area contributed by atoms with Crippen LogP contribution in [0.3, 0.4) is 0 Å². The average molecular weight is 405 g/mol. The minimum Gasteiger partial charge on any atom is -0.339 e. The fraction of sp³-hybridized carbons (Fsp3) is 0.348. The molecule has 0 unspecified atom stereocenters. The van der Waals surface area contributed by atoms with Crippen LogP contribution in [0.25, 0.3) is 11.1 Å². The third-order valence-corrected chi connectivity index (χ3v) is 6.24. The van der Waals surface area contributed by atoms with Gasteiger partial charge in [0.05, 0.1) is 22.7 Å². The van der Waals surface area contributed by atoms with E-state index in [-0.39, 0.29) is 11.9 Å². The van der Waals surface area contributed by atoms with Crippen molar-refractivity contribution in [3.05, 3.63) is 58.6 Å². The van der Waals surface area contributed by atoms with Gasteiger partial charge in [-0.05, 0) is 54.0 Å². The van der Waals surface area contributed by atoms with E-state index in [0.717, 1.165) is 36.0 Å². The third kappa shape index (κ3) is 4.12. The minimum atomic E-state index is -0.557. The summed E-state index contributed by atoms with van der Waals surface area (Å²) in [5.74, 6) is 0.338. The van der Waals surface area contributed by atoms with Gasteiger partial charge in [0.2, 0.25) is 5.91 Å². The van der Waals surface area contributed by atoms with Crippen molar-refractivity contribution >= 4 is 17.5 Å². The number of benzene rings is 2. The number of carbonyl (C=O) groups excluding carboxylic acids is 1. The normalized spacial score (nSPS) is 23.2. The molecule has 0 radical (unpaired) electrons. The van der Waals surface area contributed by atoms with Gasteiger partial charge in [0, 0.05) is 12.5 Å². The second kappa shape index (κ2) is 8.25. The monoisotopic (exact) mass is 404 g/mol. The van der Waals surface area contributed by atoms with Gasteiger partial charge in [0.1, 0.15) is 12.1 Å². The van der Waals surface area contributed by atoms with Gasteiger partial charge in [-0.25, -0.2) is 0 Å². The lowest BCUT2D eigenvalue weighted by Crippen LogP contribution is -2.50. The van der Waals surface area contributed by atoms with Gasteiger partial charge in [-0.3, -0.25) is 4.79 Å². The molecule has 1 aliphatic heterocycles. The lowest BCUT2D eigenvalue weighted by atomic mass is 9.98. The van der Waals surface area contributed by atoms with E-state index < -0.39 is 6.04 Å². The van der Waals surface area contributed by atoms with Crippen LogP contribution < -0.4 is 10.6 Å². The second-order valence-corrected chi connectivity index (χ2v) is 8.22. The Morgan fingerprint density at radius 3 is 2.52 bits per heavy atom. The lowest BCUT2D eigenvalue weighted by Gasteiger charge is -2.23. The van der Waals surface area contributed by atoms with Crippen molar-refractivity contribution in [1.29, 1.82) is 10.5 Å². The maximum Gasteiger partial charge on any atom is 0.238 e. The molecule has 2 fully saturated rings. The number of nitrogens with one attached hydrogen (secondary N) is 2. The number of nitrogens with zero attached hydrogens (tertiary/aromatic N) is 2. The van der Waals surface area contributed by atoms with E-state index in [1.807, 2.05) is 30.3 Å². The van der Waals surface area contributed by atoms with Gasteiger partial charge in [0.25, 0.3) is 0 Å². The summed E-state index contributed by atoms with van der Waals surface area (Å²) in [5, 5.41) is 25.2. The molecule has 29 heavy (non-hydrogen) atoms. The van der Waals surface area contributed by atoms with Crippen LogP contribution in [0.5, 0.6) is 0 Å². The Morgan fingerprint density at radius 1 is 1.17 bits per heavy atom. The van der Waals surface area contributed by atoms with Crippen LogP contribution in [0.1, 0.15) is 30.4 Å². The molecule has 0 aromatic heterocycles. The van der Waals surface area contributed by atoms with Gasteiger partial charge in [-0.1, -0.05) is 41.9 Å². The predicted octanol–water partition coefficient (Wildman–Crippen LogP) is 3.57. The maximum atomic E-state index is 12.6. The first kappa shape index (κ1) is 19.5. The van der Waals surface area contributed by atoms with Gasteiger partial charge in [0.15, 0.2) is 0 Å². The molecule has 2 N–H and O–H groups in total. The molecule has 0 spiro atoms. The Hall–Kier alpha value is -2.86. The summed E-state index contributed by atoms with van der Waals surface area (Å²) in [6.45, 7) is 0. The topological polar surface area (TPSA) is 88.7 Å². The lowest BCUT2D eigenvalue weighted by molar-refractivity contribution is -0.124.